The average molecular weight is 308 g/mol. The van der Waals surface area contributed by atoms with E-state index in [1.165, 1.54) is 16.0 Å². The van der Waals surface area contributed by atoms with Gasteiger partial charge in [-0.2, -0.15) is 0 Å². The molecule has 0 saturated heterocycles. The van der Waals surface area contributed by atoms with Crippen molar-refractivity contribution in [3.05, 3.63) is 56.2 Å². The van der Waals surface area contributed by atoms with Crippen molar-refractivity contribution in [1.82, 2.24) is 5.32 Å². The van der Waals surface area contributed by atoms with Crippen LogP contribution in [0.4, 0.5) is 0 Å². The Morgan fingerprint density at radius 2 is 2.00 bits per heavy atom. The first-order valence-corrected chi connectivity index (χ1v) is 7.91. The smallest absolute Gasteiger partial charge is 0.261 e. The second-order valence-electron chi connectivity index (χ2n) is 4.70. The molecular weight excluding hydrogens is 290 g/mol. The van der Waals surface area contributed by atoms with Gasteiger partial charge in [0.2, 0.25) is 0 Å². The molecule has 0 unspecified atom stereocenters. The summed E-state index contributed by atoms with van der Waals surface area (Å²) in [6.45, 7) is 4.81. The van der Waals surface area contributed by atoms with Crippen LogP contribution < -0.4 is 5.32 Å². The molecule has 0 saturated carbocycles. The number of carbonyl (C=O) groups is 1. The second-order valence-corrected chi connectivity index (χ2v) is 6.28. The lowest BCUT2D eigenvalue weighted by Crippen LogP contribution is -2.24. The van der Waals surface area contributed by atoms with Gasteiger partial charge in [-0.15, -0.1) is 11.3 Å². The van der Waals surface area contributed by atoms with E-state index in [1.54, 1.807) is 11.3 Å². The zero-order valence-electron chi connectivity index (χ0n) is 11.7. The first-order valence-electron chi connectivity index (χ1n) is 6.72. The van der Waals surface area contributed by atoms with Crippen molar-refractivity contribution in [1.29, 1.82) is 0 Å². The second kappa shape index (κ2) is 6.91. The van der Waals surface area contributed by atoms with Crippen LogP contribution in [0.2, 0.25) is 5.02 Å². The zero-order chi connectivity index (χ0) is 14.5. The van der Waals surface area contributed by atoms with Gasteiger partial charge < -0.3 is 5.32 Å². The molecule has 0 fully saturated rings. The predicted molar refractivity (Wildman–Crippen MR) is 85.9 cm³/mol. The number of nitrogens with one attached hydrogen (secondary N) is 1. The minimum atomic E-state index is 0.0202. The van der Waals surface area contributed by atoms with E-state index in [9.17, 15) is 4.79 Å². The van der Waals surface area contributed by atoms with Gasteiger partial charge in [0.15, 0.2) is 0 Å². The maximum atomic E-state index is 12.0. The fraction of sp³-hybridized carbons (Fsp3) is 0.312. The van der Waals surface area contributed by atoms with Crippen molar-refractivity contribution in [3.63, 3.8) is 0 Å². The van der Waals surface area contributed by atoms with Gasteiger partial charge in [0.05, 0.1) is 4.88 Å². The molecule has 2 nitrogen and oxygen atoms in total. The number of benzene rings is 1. The average Bonchev–Trinajstić information content (AvgIpc) is 2.82. The van der Waals surface area contributed by atoms with Crippen molar-refractivity contribution in [3.8, 4) is 0 Å². The summed E-state index contributed by atoms with van der Waals surface area (Å²) in [7, 11) is 0. The Morgan fingerprint density at radius 3 is 2.60 bits per heavy atom. The molecule has 1 N–H and O–H groups in total. The summed E-state index contributed by atoms with van der Waals surface area (Å²) in [4.78, 5) is 14.1. The van der Waals surface area contributed by atoms with E-state index in [2.05, 4.69) is 19.2 Å². The Hall–Kier alpha value is -1.32. The third-order valence-electron chi connectivity index (χ3n) is 3.18. The number of hydrogen-bond donors (Lipinski definition) is 1. The number of hydrogen-bond acceptors (Lipinski definition) is 2. The lowest BCUT2D eigenvalue weighted by Gasteiger charge is -2.04. The minimum Gasteiger partial charge on any atom is -0.351 e. The van der Waals surface area contributed by atoms with E-state index < -0.39 is 0 Å². The molecule has 4 heteroatoms. The first-order chi connectivity index (χ1) is 9.60. The number of amides is 1. The molecule has 0 aliphatic rings. The van der Waals surface area contributed by atoms with Crippen molar-refractivity contribution in [2.75, 3.05) is 6.54 Å². The number of rotatable bonds is 5. The predicted octanol–water partition coefficient (Wildman–Crippen LogP) is 4.24. The van der Waals surface area contributed by atoms with Gasteiger partial charge in [0.1, 0.15) is 0 Å². The molecule has 20 heavy (non-hydrogen) atoms. The van der Waals surface area contributed by atoms with Crippen molar-refractivity contribution in [2.45, 2.75) is 26.7 Å². The third-order valence-corrected chi connectivity index (χ3v) is 4.81. The minimum absolute atomic E-state index is 0.0202. The van der Waals surface area contributed by atoms with Gasteiger partial charge in [-0.05, 0) is 49.1 Å². The standard InChI is InChI=1S/C16H18ClNOS/c1-3-14-11(2)10-15(20-14)16(19)18-9-8-12-4-6-13(17)7-5-12/h4-7,10H,3,8-9H2,1-2H3,(H,18,19). The summed E-state index contributed by atoms with van der Waals surface area (Å²) in [5.41, 5.74) is 2.38. The lowest BCUT2D eigenvalue weighted by atomic mass is 10.1. The SMILES string of the molecule is CCc1sc(C(=O)NCCc2ccc(Cl)cc2)cc1C. The topological polar surface area (TPSA) is 29.1 Å². The van der Waals surface area contributed by atoms with Crippen LogP contribution in [0.3, 0.4) is 0 Å². The maximum Gasteiger partial charge on any atom is 0.261 e. The Labute approximate surface area is 128 Å². The number of thiophene rings is 1. The Bertz CT molecular complexity index is 589. The summed E-state index contributed by atoms with van der Waals surface area (Å²) in [5.74, 6) is 0.0202. The highest BCUT2D eigenvalue weighted by atomic mass is 35.5. The number of aryl methyl sites for hydroxylation is 2. The van der Waals surface area contributed by atoms with Crippen LogP contribution in [0.1, 0.15) is 32.6 Å². The number of carbonyl (C=O) groups excluding carboxylic acids is 1. The Balaban J connectivity index is 1.87. The maximum absolute atomic E-state index is 12.0. The summed E-state index contributed by atoms with van der Waals surface area (Å²) >= 11 is 7.43. The van der Waals surface area contributed by atoms with Crippen LogP contribution in [0.15, 0.2) is 30.3 Å². The van der Waals surface area contributed by atoms with Gasteiger partial charge in [0.25, 0.3) is 5.91 Å². The highest BCUT2D eigenvalue weighted by Gasteiger charge is 2.10. The molecule has 106 valence electrons. The first kappa shape index (κ1) is 15.1. The van der Waals surface area contributed by atoms with E-state index >= 15 is 0 Å². The molecule has 1 aromatic carbocycles. The highest BCUT2D eigenvalue weighted by molar-refractivity contribution is 7.14. The van der Waals surface area contributed by atoms with Crippen molar-refractivity contribution >= 4 is 28.8 Å². The molecule has 0 atom stereocenters. The van der Waals surface area contributed by atoms with Gasteiger partial charge in [-0.25, -0.2) is 0 Å². The van der Waals surface area contributed by atoms with E-state index in [0.29, 0.717) is 6.54 Å². The quantitative estimate of drug-likeness (QED) is 0.879. The lowest BCUT2D eigenvalue weighted by molar-refractivity contribution is 0.0958. The highest BCUT2D eigenvalue weighted by Crippen LogP contribution is 2.22. The Morgan fingerprint density at radius 1 is 1.30 bits per heavy atom. The Kier molecular flexibility index (Phi) is 5.21. The van der Waals surface area contributed by atoms with Crippen LogP contribution in [0.5, 0.6) is 0 Å². The van der Waals surface area contributed by atoms with Gasteiger partial charge in [-0.1, -0.05) is 30.7 Å². The van der Waals surface area contributed by atoms with E-state index in [1.807, 2.05) is 30.3 Å². The van der Waals surface area contributed by atoms with Crippen LogP contribution in [-0.4, -0.2) is 12.5 Å². The summed E-state index contributed by atoms with van der Waals surface area (Å²) < 4.78 is 0. The van der Waals surface area contributed by atoms with Crippen LogP contribution in [0, 0.1) is 6.92 Å². The normalized spacial score (nSPS) is 10.6. The van der Waals surface area contributed by atoms with Crippen molar-refractivity contribution < 1.29 is 4.79 Å². The molecule has 0 aliphatic heterocycles. The number of halogens is 1. The third kappa shape index (κ3) is 3.84. The van der Waals surface area contributed by atoms with E-state index in [4.69, 9.17) is 11.6 Å². The van der Waals surface area contributed by atoms with Crippen LogP contribution >= 0.6 is 22.9 Å². The van der Waals surface area contributed by atoms with Crippen molar-refractivity contribution in [2.24, 2.45) is 0 Å². The monoisotopic (exact) mass is 307 g/mol. The molecule has 0 radical (unpaired) electrons. The van der Waals surface area contributed by atoms with Gasteiger partial charge in [-0.3, -0.25) is 4.79 Å². The summed E-state index contributed by atoms with van der Waals surface area (Å²) in [5, 5.41) is 3.70. The fourth-order valence-corrected chi connectivity index (χ4v) is 3.20. The zero-order valence-corrected chi connectivity index (χ0v) is 13.3. The van der Waals surface area contributed by atoms with Gasteiger partial charge >= 0.3 is 0 Å². The van der Waals surface area contributed by atoms with E-state index in [-0.39, 0.29) is 5.91 Å². The molecule has 2 aromatic rings. The summed E-state index contributed by atoms with van der Waals surface area (Å²) in [6, 6.07) is 9.68. The molecule has 1 amide bonds. The molecule has 1 heterocycles. The molecule has 0 bridgehead atoms. The fourth-order valence-electron chi connectivity index (χ4n) is 2.04. The molecule has 1 aromatic heterocycles. The molecular formula is C16H18ClNOS. The largest absolute Gasteiger partial charge is 0.351 e. The summed E-state index contributed by atoms with van der Waals surface area (Å²) in [6.07, 6.45) is 1.79. The molecule has 0 aliphatic carbocycles. The molecule has 2 rings (SSSR count). The van der Waals surface area contributed by atoms with Crippen LogP contribution in [-0.2, 0) is 12.8 Å². The van der Waals surface area contributed by atoms with Gasteiger partial charge in [0, 0.05) is 16.4 Å². The van der Waals surface area contributed by atoms with Crippen LogP contribution in [0.25, 0.3) is 0 Å². The molecule has 0 spiro atoms. The van der Waals surface area contributed by atoms with E-state index in [0.717, 1.165) is 22.7 Å².